The molecule has 18 heavy (non-hydrogen) atoms. The third-order valence-electron chi connectivity index (χ3n) is 3.01. The summed E-state index contributed by atoms with van der Waals surface area (Å²) in [6, 6.07) is 7.27. The van der Waals surface area contributed by atoms with Crippen LogP contribution in [0.3, 0.4) is 0 Å². The summed E-state index contributed by atoms with van der Waals surface area (Å²) in [5.74, 6) is -0.237. The van der Waals surface area contributed by atoms with Crippen molar-refractivity contribution in [2.24, 2.45) is 5.41 Å². The molecule has 0 spiro atoms. The highest BCUT2D eigenvalue weighted by atomic mass is 16.3. The lowest BCUT2D eigenvalue weighted by Crippen LogP contribution is -2.34. The van der Waals surface area contributed by atoms with Gasteiger partial charge in [0.1, 0.15) is 6.10 Å². The minimum atomic E-state index is -1.00. The number of benzene rings is 1. The van der Waals surface area contributed by atoms with Gasteiger partial charge in [0, 0.05) is 23.3 Å². The molecule has 0 aliphatic heterocycles. The van der Waals surface area contributed by atoms with E-state index in [1.165, 1.54) is 0 Å². The van der Waals surface area contributed by atoms with Crippen molar-refractivity contribution in [3.05, 3.63) is 42.2 Å². The standard InChI is InChI=1S/C15H17NO2/c1-15(2,3)14(18)13(17)12-6-4-5-10-9-16-8-7-11(10)12/h4-9,14,18H,1-3H3. The molecule has 0 saturated carbocycles. The molecule has 0 saturated heterocycles. The molecular weight excluding hydrogens is 226 g/mol. The highest BCUT2D eigenvalue weighted by Gasteiger charge is 2.30. The molecular formula is C15H17NO2. The fraction of sp³-hybridized carbons (Fsp3) is 0.333. The van der Waals surface area contributed by atoms with E-state index in [-0.39, 0.29) is 5.78 Å². The lowest BCUT2D eigenvalue weighted by molar-refractivity contribution is 0.0444. The monoisotopic (exact) mass is 243 g/mol. The van der Waals surface area contributed by atoms with Crippen molar-refractivity contribution in [2.45, 2.75) is 26.9 Å². The number of carbonyl (C=O) groups is 1. The van der Waals surface area contributed by atoms with E-state index in [9.17, 15) is 9.90 Å². The van der Waals surface area contributed by atoms with E-state index in [1.54, 1.807) is 24.5 Å². The molecule has 1 heterocycles. The average molecular weight is 243 g/mol. The Labute approximate surface area is 106 Å². The molecule has 1 aromatic heterocycles. The summed E-state index contributed by atoms with van der Waals surface area (Å²) >= 11 is 0. The van der Waals surface area contributed by atoms with Crippen LogP contribution < -0.4 is 0 Å². The molecule has 1 unspecified atom stereocenters. The van der Waals surface area contributed by atoms with E-state index in [0.29, 0.717) is 5.56 Å². The van der Waals surface area contributed by atoms with Gasteiger partial charge >= 0.3 is 0 Å². The predicted octanol–water partition coefficient (Wildman–Crippen LogP) is 2.82. The second kappa shape index (κ2) is 4.50. The SMILES string of the molecule is CC(C)(C)C(O)C(=O)c1cccc2cnccc12. The van der Waals surface area contributed by atoms with Crippen molar-refractivity contribution >= 4 is 16.6 Å². The quantitative estimate of drug-likeness (QED) is 0.825. The topological polar surface area (TPSA) is 50.2 Å². The van der Waals surface area contributed by atoms with Crippen LogP contribution in [0.1, 0.15) is 31.1 Å². The number of rotatable bonds is 2. The van der Waals surface area contributed by atoms with E-state index in [4.69, 9.17) is 0 Å². The molecule has 1 atom stereocenters. The van der Waals surface area contributed by atoms with Crippen LogP contribution in [-0.4, -0.2) is 22.0 Å². The minimum absolute atomic E-state index is 0.237. The number of hydrogen-bond donors (Lipinski definition) is 1. The third kappa shape index (κ3) is 2.27. The molecule has 3 heteroatoms. The van der Waals surface area contributed by atoms with Gasteiger partial charge in [0.05, 0.1) is 0 Å². The zero-order valence-corrected chi connectivity index (χ0v) is 10.8. The van der Waals surface area contributed by atoms with Crippen LogP contribution in [0.15, 0.2) is 36.7 Å². The number of carbonyl (C=O) groups excluding carboxylic acids is 1. The van der Waals surface area contributed by atoms with Gasteiger partial charge in [0.15, 0.2) is 5.78 Å². The van der Waals surface area contributed by atoms with E-state index >= 15 is 0 Å². The van der Waals surface area contributed by atoms with Crippen LogP contribution in [0.2, 0.25) is 0 Å². The molecule has 0 bridgehead atoms. The van der Waals surface area contributed by atoms with Crippen molar-refractivity contribution in [1.82, 2.24) is 4.98 Å². The minimum Gasteiger partial charge on any atom is -0.384 e. The van der Waals surface area contributed by atoms with Crippen LogP contribution in [0.5, 0.6) is 0 Å². The Morgan fingerprint density at radius 3 is 2.67 bits per heavy atom. The lowest BCUT2D eigenvalue weighted by Gasteiger charge is -2.24. The Hall–Kier alpha value is -1.74. The normalized spacial score (nSPS) is 13.6. The number of Topliss-reactive ketones (excluding diaryl/α,β-unsaturated/α-hetero) is 1. The zero-order valence-electron chi connectivity index (χ0n) is 10.8. The summed E-state index contributed by atoms with van der Waals surface area (Å²) in [6.07, 6.45) is 2.37. The molecule has 0 amide bonds. The second-order valence-corrected chi connectivity index (χ2v) is 5.54. The summed E-state index contributed by atoms with van der Waals surface area (Å²) in [5, 5.41) is 11.8. The van der Waals surface area contributed by atoms with Gasteiger partial charge in [-0.1, -0.05) is 39.0 Å². The van der Waals surface area contributed by atoms with Crippen LogP contribution in [0.25, 0.3) is 10.8 Å². The largest absolute Gasteiger partial charge is 0.384 e. The van der Waals surface area contributed by atoms with Gasteiger partial charge in [-0.3, -0.25) is 9.78 Å². The first kappa shape index (κ1) is 12.7. The number of ketones is 1. The van der Waals surface area contributed by atoms with Crippen LogP contribution in [-0.2, 0) is 0 Å². The van der Waals surface area contributed by atoms with Gasteiger partial charge in [-0.05, 0) is 16.9 Å². The molecule has 1 aromatic carbocycles. The maximum absolute atomic E-state index is 12.3. The first-order valence-corrected chi connectivity index (χ1v) is 5.96. The number of aliphatic hydroxyl groups excluding tert-OH is 1. The molecule has 1 N–H and O–H groups in total. The molecule has 0 aliphatic carbocycles. The molecule has 2 aromatic rings. The Bertz CT molecular complexity index is 579. The first-order valence-electron chi connectivity index (χ1n) is 5.96. The van der Waals surface area contributed by atoms with E-state index in [1.807, 2.05) is 32.9 Å². The van der Waals surface area contributed by atoms with Crippen molar-refractivity contribution in [2.75, 3.05) is 0 Å². The van der Waals surface area contributed by atoms with Gasteiger partial charge < -0.3 is 5.11 Å². The summed E-state index contributed by atoms with van der Waals surface area (Å²) in [6.45, 7) is 5.55. The Kier molecular flexibility index (Phi) is 3.18. The van der Waals surface area contributed by atoms with E-state index in [2.05, 4.69) is 4.98 Å². The van der Waals surface area contributed by atoms with Crippen LogP contribution in [0.4, 0.5) is 0 Å². The summed E-state index contributed by atoms with van der Waals surface area (Å²) in [5.41, 5.74) is 0.0871. The number of pyridine rings is 1. The predicted molar refractivity (Wildman–Crippen MR) is 71.5 cm³/mol. The van der Waals surface area contributed by atoms with Gasteiger partial charge in [-0.2, -0.15) is 0 Å². The van der Waals surface area contributed by atoms with Crippen molar-refractivity contribution in [3.63, 3.8) is 0 Å². The molecule has 3 nitrogen and oxygen atoms in total. The number of aromatic nitrogens is 1. The molecule has 94 valence electrons. The van der Waals surface area contributed by atoms with Gasteiger partial charge in [0.2, 0.25) is 0 Å². The highest BCUT2D eigenvalue weighted by molar-refractivity contribution is 6.10. The van der Waals surface area contributed by atoms with Crippen LogP contribution in [0, 0.1) is 5.41 Å². The Morgan fingerprint density at radius 1 is 1.28 bits per heavy atom. The van der Waals surface area contributed by atoms with E-state index < -0.39 is 11.5 Å². The number of fused-ring (bicyclic) bond motifs is 1. The van der Waals surface area contributed by atoms with Crippen molar-refractivity contribution in [3.8, 4) is 0 Å². The molecule has 0 fully saturated rings. The molecule has 2 rings (SSSR count). The summed E-state index contributed by atoms with van der Waals surface area (Å²) < 4.78 is 0. The number of hydrogen-bond acceptors (Lipinski definition) is 3. The van der Waals surface area contributed by atoms with Gasteiger partial charge in [-0.15, -0.1) is 0 Å². The summed E-state index contributed by atoms with van der Waals surface area (Å²) in [7, 11) is 0. The maximum atomic E-state index is 12.3. The van der Waals surface area contributed by atoms with Crippen molar-refractivity contribution < 1.29 is 9.90 Å². The Morgan fingerprint density at radius 2 is 2.00 bits per heavy atom. The number of nitrogens with zero attached hydrogens (tertiary/aromatic N) is 1. The summed E-state index contributed by atoms with van der Waals surface area (Å²) in [4.78, 5) is 16.4. The zero-order chi connectivity index (χ0) is 13.3. The average Bonchev–Trinajstić information content (AvgIpc) is 2.35. The fourth-order valence-corrected chi connectivity index (χ4v) is 1.88. The van der Waals surface area contributed by atoms with Gasteiger partial charge in [0.25, 0.3) is 0 Å². The Balaban J connectivity index is 2.52. The fourth-order valence-electron chi connectivity index (χ4n) is 1.88. The van der Waals surface area contributed by atoms with E-state index in [0.717, 1.165) is 10.8 Å². The maximum Gasteiger partial charge on any atom is 0.192 e. The second-order valence-electron chi connectivity index (χ2n) is 5.54. The first-order chi connectivity index (χ1) is 8.41. The third-order valence-corrected chi connectivity index (χ3v) is 3.01. The number of aliphatic hydroxyl groups is 1. The lowest BCUT2D eigenvalue weighted by atomic mass is 9.84. The molecule has 0 aliphatic rings. The van der Waals surface area contributed by atoms with Crippen molar-refractivity contribution in [1.29, 1.82) is 0 Å². The smallest absolute Gasteiger partial charge is 0.192 e. The molecule has 0 radical (unpaired) electrons. The highest BCUT2D eigenvalue weighted by Crippen LogP contribution is 2.25. The van der Waals surface area contributed by atoms with Crippen LogP contribution >= 0.6 is 0 Å². The van der Waals surface area contributed by atoms with Gasteiger partial charge in [-0.25, -0.2) is 0 Å².